The molecule has 0 spiro atoms. The molecule has 5 nitrogen and oxygen atoms in total. The van der Waals surface area contributed by atoms with E-state index in [2.05, 4.69) is 27.3 Å². The number of halogens is 1. The minimum atomic E-state index is -0.858. The van der Waals surface area contributed by atoms with Crippen LogP contribution in [0.3, 0.4) is 0 Å². The van der Waals surface area contributed by atoms with E-state index in [9.17, 15) is 9.90 Å². The van der Waals surface area contributed by atoms with Crippen molar-refractivity contribution >= 4 is 27.6 Å². The van der Waals surface area contributed by atoms with Crippen LogP contribution in [-0.2, 0) is 0 Å². The summed E-state index contributed by atoms with van der Waals surface area (Å²) in [6.07, 6.45) is 3.75. The largest absolute Gasteiger partial charge is 0.478 e. The van der Waals surface area contributed by atoms with E-state index in [0.717, 1.165) is 21.7 Å². The van der Waals surface area contributed by atoms with Gasteiger partial charge >= 0.3 is 5.97 Å². The van der Waals surface area contributed by atoms with Crippen LogP contribution in [0.4, 0.5) is 5.69 Å². The number of carboxylic acids is 1. The van der Waals surface area contributed by atoms with Crippen molar-refractivity contribution in [3.8, 4) is 11.5 Å². The number of fused-ring (bicyclic) bond motifs is 8. The van der Waals surface area contributed by atoms with E-state index in [1.165, 1.54) is 30.4 Å². The van der Waals surface area contributed by atoms with Gasteiger partial charge in [-0.3, -0.25) is 0 Å². The molecule has 0 radical (unpaired) electrons. The summed E-state index contributed by atoms with van der Waals surface area (Å²) in [7, 11) is 0. The predicted molar refractivity (Wildman–Crippen MR) is 107 cm³/mol. The van der Waals surface area contributed by atoms with Gasteiger partial charge in [0, 0.05) is 10.2 Å². The summed E-state index contributed by atoms with van der Waals surface area (Å²) in [5, 5.41) is 13.2. The number of nitrogens with one attached hydrogen (secondary N) is 1. The molecule has 5 atom stereocenters. The molecule has 2 aromatic carbocycles. The molecule has 0 saturated heterocycles. The second-order valence-electron chi connectivity index (χ2n) is 8.39. The van der Waals surface area contributed by atoms with Gasteiger partial charge in [-0.25, -0.2) is 4.79 Å². The predicted octanol–water partition coefficient (Wildman–Crippen LogP) is 5.17. The van der Waals surface area contributed by atoms with Crippen molar-refractivity contribution < 1.29 is 19.4 Å². The van der Waals surface area contributed by atoms with E-state index >= 15 is 0 Å². The molecular formula is C22H20BrNO4. The normalized spacial score (nSPS) is 31.2. The minimum Gasteiger partial charge on any atom is -0.478 e. The molecule has 2 saturated carbocycles. The van der Waals surface area contributed by atoms with Crippen LogP contribution < -0.4 is 14.8 Å². The maximum absolute atomic E-state index is 11.5. The second kappa shape index (κ2) is 5.89. The SMILES string of the molecule is O=C(O)c1ccc2c(c1)[C@@H]1[C@H]3CC[C@@H](C3)[C@H]1[C@@H](c1cc3c(cc1Br)OCO3)N2. The van der Waals surface area contributed by atoms with Crippen molar-refractivity contribution in [3.63, 3.8) is 0 Å². The molecule has 0 aromatic heterocycles. The van der Waals surface area contributed by atoms with Crippen LogP contribution in [0.2, 0.25) is 0 Å². The molecule has 144 valence electrons. The van der Waals surface area contributed by atoms with Crippen molar-refractivity contribution in [1.29, 1.82) is 0 Å². The zero-order chi connectivity index (χ0) is 19.0. The average molecular weight is 442 g/mol. The molecule has 2 aromatic rings. The summed E-state index contributed by atoms with van der Waals surface area (Å²) in [4.78, 5) is 11.5. The van der Waals surface area contributed by atoms with E-state index in [4.69, 9.17) is 9.47 Å². The first-order valence-electron chi connectivity index (χ1n) is 9.83. The van der Waals surface area contributed by atoms with Crippen LogP contribution in [0.1, 0.15) is 52.7 Å². The fourth-order valence-electron chi connectivity index (χ4n) is 6.10. The summed E-state index contributed by atoms with van der Waals surface area (Å²) in [6, 6.07) is 9.82. The number of carbonyl (C=O) groups is 1. The molecule has 2 aliphatic carbocycles. The maximum Gasteiger partial charge on any atom is 0.335 e. The van der Waals surface area contributed by atoms with E-state index < -0.39 is 5.97 Å². The Hall–Kier alpha value is -2.21. The van der Waals surface area contributed by atoms with Crippen LogP contribution >= 0.6 is 15.9 Å². The Morgan fingerprint density at radius 1 is 1.07 bits per heavy atom. The van der Waals surface area contributed by atoms with Gasteiger partial charge in [0.05, 0.1) is 11.6 Å². The number of hydrogen-bond donors (Lipinski definition) is 2. The van der Waals surface area contributed by atoms with E-state index in [1.807, 2.05) is 18.2 Å². The number of anilines is 1. The summed E-state index contributed by atoms with van der Waals surface area (Å²) in [6.45, 7) is 0.265. The Morgan fingerprint density at radius 2 is 1.86 bits per heavy atom. The molecule has 2 N–H and O–H groups in total. The maximum atomic E-state index is 11.5. The summed E-state index contributed by atoms with van der Waals surface area (Å²) in [5.41, 5.74) is 3.82. The van der Waals surface area contributed by atoms with Crippen LogP contribution in [0, 0.1) is 17.8 Å². The smallest absolute Gasteiger partial charge is 0.335 e. The first-order valence-corrected chi connectivity index (χ1v) is 10.6. The highest BCUT2D eigenvalue weighted by atomic mass is 79.9. The van der Waals surface area contributed by atoms with Gasteiger partial charge in [0.25, 0.3) is 0 Å². The Morgan fingerprint density at radius 3 is 2.68 bits per heavy atom. The standard InChI is InChI=1S/C22H20BrNO4/c23-15-8-18-17(27-9-28-18)7-13(15)21-20-11-2-1-10(5-11)19(20)14-6-12(22(25)26)3-4-16(14)24-21/h3-4,6-8,10-11,19-21,24H,1-2,5,9H2,(H,25,26)/t10-,11-,19-,20+,21+/m0/s1. The minimum absolute atomic E-state index is 0.173. The monoisotopic (exact) mass is 441 g/mol. The molecule has 2 fully saturated rings. The molecule has 0 amide bonds. The molecule has 6 heteroatoms. The van der Waals surface area contributed by atoms with Gasteiger partial charge in [-0.2, -0.15) is 0 Å². The van der Waals surface area contributed by atoms with Crippen LogP contribution in [0.15, 0.2) is 34.8 Å². The van der Waals surface area contributed by atoms with Crippen molar-refractivity contribution in [1.82, 2.24) is 0 Å². The van der Waals surface area contributed by atoms with Gasteiger partial charge in [0.2, 0.25) is 6.79 Å². The Kier molecular flexibility index (Phi) is 3.52. The van der Waals surface area contributed by atoms with Crippen LogP contribution in [0.25, 0.3) is 0 Å². The quantitative estimate of drug-likeness (QED) is 0.672. The molecule has 2 aliphatic heterocycles. The Bertz CT molecular complexity index is 1010. The van der Waals surface area contributed by atoms with Gasteiger partial charge in [0.15, 0.2) is 11.5 Å². The van der Waals surface area contributed by atoms with Crippen molar-refractivity contribution in [2.75, 3.05) is 12.1 Å². The van der Waals surface area contributed by atoms with Gasteiger partial charge < -0.3 is 19.9 Å². The van der Waals surface area contributed by atoms with Gasteiger partial charge in [-0.05, 0) is 84.4 Å². The lowest BCUT2D eigenvalue weighted by atomic mass is 9.68. The molecule has 0 unspecified atom stereocenters. The zero-order valence-corrected chi connectivity index (χ0v) is 16.7. The van der Waals surface area contributed by atoms with E-state index in [-0.39, 0.29) is 12.8 Å². The van der Waals surface area contributed by atoms with E-state index in [1.54, 1.807) is 6.07 Å². The number of hydrogen-bond acceptors (Lipinski definition) is 4. The zero-order valence-electron chi connectivity index (χ0n) is 15.2. The molecular weight excluding hydrogens is 422 g/mol. The van der Waals surface area contributed by atoms with Crippen LogP contribution in [0.5, 0.6) is 11.5 Å². The highest BCUT2D eigenvalue weighted by Gasteiger charge is 2.54. The number of rotatable bonds is 2. The lowest BCUT2D eigenvalue weighted by molar-refractivity contribution is 0.0696. The summed E-state index contributed by atoms with van der Waals surface area (Å²) < 4.78 is 12.2. The number of aromatic carboxylic acids is 1. The number of carboxylic acid groups (broad SMARTS) is 1. The highest BCUT2D eigenvalue weighted by Crippen LogP contribution is 2.64. The molecule has 2 bridgehead atoms. The highest BCUT2D eigenvalue weighted by molar-refractivity contribution is 9.10. The van der Waals surface area contributed by atoms with Gasteiger partial charge in [-0.15, -0.1) is 0 Å². The summed E-state index contributed by atoms with van der Waals surface area (Å²) >= 11 is 3.75. The molecule has 4 aliphatic rings. The topological polar surface area (TPSA) is 67.8 Å². The fourth-order valence-corrected chi connectivity index (χ4v) is 6.67. The van der Waals surface area contributed by atoms with E-state index in [0.29, 0.717) is 29.2 Å². The lowest BCUT2D eigenvalue weighted by Gasteiger charge is -2.44. The average Bonchev–Trinajstić information content (AvgIpc) is 3.42. The van der Waals surface area contributed by atoms with Crippen molar-refractivity contribution in [3.05, 3.63) is 51.5 Å². The number of benzene rings is 2. The third kappa shape index (κ3) is 2.27. The first-order chi connectivity index (χ1) is 13.6. The third-order valence-electron chi connectivity index (χ3n) is 7.16. The van der Waals surface area contributed by atoms with Gasteiger partial charge in [-0.1, -0.05) is 15.9 Å². The first kappa shape index (κ1) is 16.7. The number of ether oxygens (including phenoxy) is 2. The molecule has 28 heavy (non-hydrogen) atoms. The molecule has 2 heterocycles. The van der Waals surface area contributed by atoms with Crippen molar-refractivity contribution in [2.24, 2.45) is 17.8 Å². The lowest BCUT2D eigenvalue weighted by Crippen LogP contribution is -2.35. The Labute approximate surface area is 171 Å². The Balaban J connectivity index is 1.49. The van der Waals surface area contributed by atoms with Crippen LogP contribution in [-0.4, -0.2) is 17.9 Å². The molecule has 6 rings (SSSR count). The summed E-state index contributed by atoms with van der Waals surface area (Å²) in [5.74, 6) is 2.92. The van der Waals surface area contributed by atoms with Gasteiger partial charge in [0.1, 0.15) is 0 Å². The second-order valence-corrected chi connectivity index (χ2v) is 9.25. The van der Waals surface area contributed by atoms with Crippen molar-refractivity contribution in [2.45, 2.75) is 31.2 Å². The third-order valence-corrected chi connectivity index (χ3v) is 7.85. The fraction of sp³-hybridized carbons (Fsp3) is 0.409.